The topological polar surface area (TPSA) is 7.65 Å². The van der Waals surface area contributed by atoms with Crippen molar-refractivity contribution in [2.45, 2.75) is 16.7 Å². The lowest BCUT2D eigenvalue weighted by atomic mass is 10.1. The number of aryl methyl sites for hydroxylation is 1. The zero-order valence-electron chi connectivity index (χ0n) is 16.6. The Morgan fingerprint density at radius 1 is 0.667 bits per heavy atom. The molecule has 0 saturated carbocycles. The summed E-state index contributed by atoms with van der Waals surface area (Å²) in [5.74, 6) is 1.18. The average molecular weight is 405 g/mol. The van der Waals surface area contributed by atoms with Gasteiger partial charge in [-0.3, -0.25) is 4.90 Å². The van der Waals surface area contributed by atoms with Gasteiger partial charge in [-0.05, 0) is 54.4 Å². The number of fused-ring (bicyclic) bond motifs is 3. The molecule has 0 aliphatic carbocycles. The first kappa shape index (κ1) is 17.4. The van der Waals surface area contributed by atoms with Crippen molar-refractivity contribution in [2.24, 2.45) is 0 Å². The minimum absolute atomic E-state index is 1.18. The Kier molecular flexibility index (Phi) is 3.96. The summed E-state index contributed by atoms with van der Waals surface area (Å²) in [7, 11) is 0. The molecule has 2 nitrogen and oxygen atoms in total. The van der Waals surface area contributed by atoms with Crippen molar-refractivity contribution in [3.63, 3.8) is 0 Å². The van der Waals surface area contributed by atoms with E-state index in [1.54, 1.807) is 0 Å². The average Bonchev–Trinajstić information content (AvgIpc) is 3.16. The molecule has 0 atom stereocenters. The zero-order chi connectivity index (χ0) is 20.1. The van der Waals surface area contributed by atoms with E-state index >= 15 is 0 Å². The van der Waals surface area contributed by atoms with Crippen molar-refractivity contribution in [3.8, 4) is 11.1 Å². The summed E-state index contributed by atoms with van der Waals surface area (Å²) < 4.78 is 2.33. The second-order valence-electron chi connectivity index (χ2n) is 7.62. The van der Waals surface area contributed by atoms with Gasteiger partial charge in [-0.1, -0.05) is 72.4 Å². The molecule has 144 valence electrons. The van der Waals surface area contributed by atoms with Gasteiger partial charge in [0.2, 0.25) is 0 Å². The van der Waals surface area contributed by atoms with Gasteiger partial charge in [0.05, 0.1) is 11.4 Å². The molecule has 0 saturated heterocycles. The Hall–Kier alpha value is -3.43. The van der Waals surface area contributed by atoms with E-state index < -0.39 is 0 Å². The molecule has 0 N–H and O–H groups in total. The highest BCUT2D eigenvalue weighted by molar-refractivity contribution is 7.99. The van der Waals surface area contributed by atoms with Gasteiger partial charge in [0, 0.05) is 27.1 Å². The number of hydrogen-bond donors (Lipinski definition) is 0. The van der Waals surface area contributed by atoms with E-state index in [1.165, 1.54) is 49.2 Å². The van der Waals surface area contributed by atoms with E-state index in [0.29, 0.717) is 0 Å². The Morgan fingerprint density at radius 2 is 1.30 bits per heavy atom. The van der Waals surface area contributed by atoms with Crippen LogP contribution in [0.5, 0.6) is 0 Å². The monoisotopic (exact) mass is 404 g/mol. The van der Waals surface area contributed by atoms with Crippen LogP contribution in [0.1, 0.15) is 5.56 Å². The summed E-state index contributed by atoms with van der Waals surface area (Å²) in [5.41, 5.74) is 7.34. The number of para-hydroxylation sites is 2. The van der Waals surface area contributed by atoms with Gasteiger partial charge in [0.1, 0.15) is 5.82 Å². The number of aromatic nitrogens is 1. The van der Waals surface area contributed by atoms with Crippen LogP contribution in [0.25, 0.3) is 16.6 Å². The largest absolute Gasteiger partial charge is 0.302 e. The third kappa shape index (κ3) is 2.66. The van der Waals surface area contributed by atoms with Crippen LogP contribution in [0.15, 0.2) is 113 Å². The smallest absolute Gasteiger partial charge is 0.130 e. The third-order valence-corrected chi connectivity index (χ3v) is 6.75. The molecule has 1 aliphatic heterocycles. The Labute approximate surface area is 180 Å². The summed E-state index contributed by atoms with van der Waals surface area (Å²) in [6, 6.07) is 34.8. The Bertz CT molecular complexity index is 1340. The summed E-state index contributed by atoms with van der Waals surface area (Å²) in [4.78, 5) is 4.98. The fraction of sp³-hybridized carbons (Fsp3) is 0.0370. The minimum Gasteiger partial charge on any atom is -0.302 e. The predicted molar refractivity (Wildman–Crippen MR) is 126 cm³/mol. The zero-order valence-corrected chi connectivity index (χ0v) is 17.4. The summed E-state index contributed by atoms with van der Waals surface area (Å²) >= 11 is 1.84. The highest BCUT2D eigenvalue weighted by atomic mass is 32.2. The van der Waals surface area contributed by atoms with E-state index in [1.807, 2.05) is 11.8 Å². The maximum atomic E-state index is 2.43. The van der Waals surface area contributed by atoms with E-state index in [-0.39, 0.29) is 0 Å². The molecule has 6 rings (SSSR count). The molecule has 3 heterocycles. The standard InChI is InChI=1S/C27H20N2S/c1-19-15-16-21-17-22(20-9-3-2-4-10-20)27(28(21)18-19)29-23-11-5-7-13-25(23)30-26-14-8-6-12-24(26)29/h2-18H,1H3. The molecule has 0 spiro atoms. The number of benzene rings is 3. The number of hydrogen-bond acceptors (Lipinski definition) is 2. The molecule has 0 fully saturated rings. The van der Waals surface area contributed by atoms with Crippen molar-refractivity contribution in [3.05, 3.63) is 109 Å². The van der Waals surface area contributed by atoms with Crippen molar-refractivity contribution >= 4 is 34.5 Å². The highest BCUT2D eigenvalue weighted by Crippen LogP contribution is 2.53. The van der Waals surface area contributed by atoms with Gasteiger partial charge in [0.25, 0.3) is 0 Å². The lowest BCUT2D eigenvalue weighted by Crippen LogP contribution is -2.17. The van der Waals surface area contributed by atoms with Gasteiger partial charge >= 0.3 is 0 Å². The Balaban J connectivity index is 1.73. The van der Waals surface area contributed by atoms with Gasteiger partial charge in [-0.25, -0.2) is 0 Å². The first-order valence-electron chi connectivity index (χ1n) is 10.1. The van der Waals surface area contributed by atoms with Crippen molar-refractivity contribution < 1.29 is 0 Å². The third-order valence-electron chi connectivity index (χ3n) is 5.62. The van der Waals surface area contributed by atoms with Crippen LogP contribution < -0.4 is 4.90 Å². The minimum atomic E-state index is 1.18. The first-order chi connectivity index (χ1) is 14.8. The lowest BCUT2D eigenvalue weighted by molar-refractivity contribution is 1.07. The maximum Gasteiger partial charge on any atom is 0.130 e. The second-order valence-corrected chi connectivity index (χ2v) is 8.71. The van der Waals surface area contributed by atoms with Crippen LogP contribution in [0.2, 0.25) is 0 Å². The van der Waals surface area contributed by atoms with E-state index in [2.05, 4.69) is 119 Å². The van der Waals surface area contributed by atoms with Crippen LogP contribution in [-0.4, -0.2) is 4.40 Å². The fourth-order valence-electron chi connectivity index (χ4n) is 4.25. The first-order valence-corrected chi connectivity index (χ1v) is 10.9. The van der Waals surface area contributed by atoms with E-state index in [0.717, 1.165) is 0 Å². The van der Waals surface area contributed by atoms with E-state index in [9.17, 15) is 0 Å². The molecule has 3 heteroatoms. The molecule has 2 aromatic heterocycles. The van der Waals surface area contributed by atoms with Crippen LogP contribution >= 0.6 is 11.8 Å². The van der Waals surface area contributed by atoms with Crippen LogP contribution in [0, 0.1) is 6.92 Å². The van der Waals surface area contributed by atoms with Crippen molar-refractivity contribution in [1.82, 2.24) is 4.40 Å². The molecule has 1 aliphatic rings. The van der Waals surface area contributed by atoms with Crippen molar-refractivity contribution in [1.29, 1.82) is 0 Å². The molecule has 30 heavy (non-hydrogen) atoms. The van der Waals surface area contributed by atoms with E-state index in [4.69, 9.17) is 0 Å². The lowest BCUT2D eigenvalue weighted by Gasteiger charge is -2.33. The van der Waals surface area contributed by atoms with Gasteiger partial charge in [-0.2, -0.15) is 0 Å². The van der Waals surface area contributed by atoms with Crippen LogP contribution in [0.3, 0.4) is 0 Å². The predicted octanol–water partition coefficient (Wildman–Crippen LogP) is 7.85. The molecule has 0 amide bonds. The highest BCUT2D eigenvalue weighted by Gasteiger charge is 2.28. The SMILES string of the molecule is Cc1ccc2cc(-c3ccccc3)c(N3c4ccccc4Sc4ccccc43)n2c1. The second kappa shape index (κ2) is 6.82. The molecule has 3 aromatic carbocycles. The van der Waals surface area contributed by atoms with Gasteiger partial charge < -0.3 is 4.40 Å². The number of pyridine rings is 1. The Morgan fingerprint density at radius 3 is 2.00 bits per heavy atom. The molecule has 0 radical (unpaired) electrons. The van der Waals surface area contributed by atoms with Crippen LogP contribution in [0.4, 0.5) is 17.2 Å². The van der Waals surface area contributed by atoms with Gasteiger partial charge in [-0.15, -0.1) is 0 Å². The molecular weight excluding hydrogens is 384 g/mol. The molecule has 0 unspecified atom stereocenters. The quantitative estimate of drug-likeness (QED) is 0.290. The normalized spacial score (nSPS) is 12.6. The summed E-state index contributed by atoms with van der Waals surface area (Å²) in [6.45, 7) is 2.15. The number of anilines is 3. The molecular formula is C27H20N2S. The van der Waals surface area contributed by atoms with Crippen molar-refractivity contribution in [2.75, 3.05) is 4.90 Å². The fourth-order valence-corrected chi connectivity index (χ4v) is 5.31. The molecule has 5 aromatic rings. The summed E-state index contributed by atoms with van der Waals surface area (Å²) in [5, 5.41) is 0. The molecule has 0 bridgehead atoms. The van der Waals surface area contributed by atoms with Gasteiger partial charge in [0.15, 0.2) is 0 Å². The maximum absolute atomic E-state index is 2.43. The summed E-state index contributed by atoms with van der Waals surface area (Å²) in [6.07, 6.45) is 2.24. The van der Waals surface area contributed by atoms with Crippen LogP contribution in [-0.2, 0) is 0 Å². The number of rotatable bonds is 2. The number of nitrogens with zero attached hydrogens (tertiary/aromatic N) is 2.